The Morgan fingerprint density at radius 1 is 1.09 bits per heavy atom. The number of nitrogens with one attached hydrogen (secondary N) is 4. The molecule has 7 heteroatoms. The number of benzene rings is 2. The summed E-state index contributed by atoms with van der Waals surface area (Å²) in [6.07, 6.45) is 2.91. The van der Waals surface area contributed by atoms with Crippen LogP contribution in [0.1, 0.15) is 43.4 Å². The number of carbonyl (C=O) groups excluding carboxylic acids is 2. The summed E-state index contributed by atoms with van der Waals surface area (Å²) in [5, 5.41) is 15.8. The number of nitrogens with two attached hydrogens (primary N) is 1. The molecule has 0 aliphatic heterocycles. The van der Waals surface area contributed by atoms with E-state index in [9.17, 15) is 9.59 Å². The molecule has 34 heavy (non-hydrogen) atoms. The summed E-state index contributed by atoms with van der Waals surface area (Å²) in [7, 11) is 1.90. The molecule has 1 saturated carbocycles. The van der Waals surface area contributed by atoms with Gasteiger partial charge in [0.1, 0.15) is 12.1 Å². The van der Waals surface area contributed by atoms with Crippen molar-refractivity contribution in [3.8, 4) is 0 Å². The van der Waals surface area contributed by atoms with Gasteiger partial charge in [0.05, 0.1) is 13.1 Å². The first kappa shape index (κ1) is 28.7. The van der Waals surface area contributed by atoms with E-state index < -0.39 is 0 Å². The molecule has 1 aliphatic carbocycles. The second-order valence-electron chi connectivity index (χ2n) is 7.77. The summed E-state index contributed by atoms with van der Waals surface area (Å²) in [5.74, 6) is -0.0551. The highest BCUT2D eigenvalue weighted by molar-refractivity contribution is 5.94. The minimum Gasteiger partial charge on any atom is -0.384 e. The Labute approximate surface area is 203 Å². The molecular formula is C27H39N5O2. The topological polar surface area (TPSA) is 120 Å². The zero-order chi connectivity index (χ0) is 25.4. The molecule has 0 radical (unpaired) electrons. The van der Waals surface area contributed by atoms with Crippen LogP contribution in [-0.4, -0.2) is 44.7 Å². The van der Waals surface area contributed by atoms with Crippen molar-refractivity contribution in [3.63, 3.8) is 0 Å². The van der Waals surface area contributed by atoms with Crippen molar-refractivity contribution in [1.29, 1.82) is 5.41 Å². The minimum absolute atomic E-state index is 0.0649. The zero-order valence-electron chi connectivity index (χ0n) is 20.6. The number of hydrogen-bond donors (Lipinski definition) is 5. The van der Waals surface area contributed by atoms with E-state index in [1.54, 1.807) is 0 Å². The van der Waals surface area contributed by atoms with E-state index in [4.69, 9.17) is 11.1 Å². The Hall–Kier alpha value is -3.29. The maximum absolute atomic E-state index is 11.4. The third-order valence-electron chi connectivity index (χ3n) is 5.41. The molecule has 3 rings (SSSR count). The van der Waals surface area contributed by atoms with Crippen molar-refractivity contribution in [2.24, 2.45) is 5.73 Å². The lowest BCUT2D eigenvalue weighted by molar-refractivity contribution is -0.121. The van der Waals surface area contributed by atoms with Crippen LogP contribution < -0.4 is 21.7 Å². The Balaban J connectivity index is 0.000000353. The van der Waals surface area contributed by atoms with Gasteiger partial charge in [-0.1, -0.05) is 80.6 Å². The second kappa shape index (κ2) is 15.5. The van der Waals surface area contributed by atoms with Gasteiger partial charge in [-0.25, -0.2) is 0 Å². The standard InChI is InChI=1S/C16H20N2O2.C9H13N3.C2H6/c1-13(11-17-12-15(20)18-9-10-19)16(7-8-16)14-5-3-2-4-6-14;1-12-6-7-2-4-8(5-3-7)9(10)11;1-2/h2-6,10,17H,1,7-9,11-12H2,(H,18,20);2-5,12H,6H2,1H3,(H3,10,11);1-2H3. The van der Waals surface area contributed by atoms with Crippen LogP contribution in [0.15, 0.2) is 66.7 Å². The van der Waals surface area contributed by atoms with Crippen LogP contribution in [0.25, 0.3) is 0 Å². The zero-order valence-corrected chi connectivity index (χ0v) is 20.6. The Kier molecular flexibility index (Phi) is 13.1. The van der Waals surface area contributed by atoms with Gasteiger partial charge in [0, 0.05) is 24.1 Å². The highest BCUT2D eigenvalue weighted by Crippen LogP contribution is 2.52. The molecule has 0 spiro atoms. The third kappa shape index (κ3) is 9.29. The summed E-state index contributed by atoms with van der Waals surface area (Å²) in [4.78, 5) is 21.5. The quantitative estimate of drug-likeness (QED) is 0.151. The summed E-state index contributed by atoms with van der Waals surface area (Å²) in [6, 6.07) is 18.0. The Morgan fingerprint density at radius 2 is 1.71 bits per heavy atom. The molecule has 0 unspecified atom stereocenters. The predicted octanol–water partition coefficient (Wildman–Crippen LogP) is 2.90. The van der Waals surface area contributed by atoms with Crippen LogP contribution in [0, 0.1) is 5.41 Å². The first-order valence-electron chi connectivity index (χ1n) is 11.7. The fourth-order valence-corrected chi connectivity index (χ4v) is 3.45. The molecule has 1 fully saturated rings. The average Bonchev–Trinajstić information content (AvgIpc) is 3.68. The molecule has 2 aromatic carbocycles. The van der Waals surface area contributed by atoms with Crippen molar-refractivity contribution in [2.75, 3.05) is 26.7 Å². The highest BCUT2D eigenvalue weighted by Gasteiger charge is 2.46. The van der Waals surface area contributed by atoms with Gasteiger partial charge >= 0.3 is 0 Å². The molecule has 0 bridgehead atoms. The predicted molar refractivity (Wildman–Crippen MR) is 140 cm³/mol. The van der Waals surface area contributed by atoms with E-state index in [1.807, 2.05) is 63.4 Å². The summed E-state index contributed by atoms with van der Waals surface area (Å²) >= 11 is 0. The molecule has 6 N–H and O–H groups in total. The van der Waals surface area contributed by atoms with Gasteiger partial charge in [0.2, 0.25) is 5.91 Å². The van der Waals surface area contributed by atoms with Gasteiger partial charge in [-0.3, -0.25) is 10.2 Å². The number of hydrogen-bond acceptors (Lipinski definition) is 5. The third-order valence-corrected chi connectivity index (χ3v) is 5.41. The van der Waals surface area contributed by atoms with Gasteiger partial charge in [-0.15, -0.1) is 0 Å². The van der Waals surface area contributed by atoms with E-state index in [-0.39, 0.29) is 30.2 Å². The first-order valence-corrected chi connectivity index (χ1v) is 11.7. The lowest BCUT2D eigenvalue weighted by atomic mass is 9.88. The fourth-order valence-electron chi connectivity index (χ4n) is 3.45. The average molecular weight is 466 g/mol. The molecule has 1 aliphatic rings. The molecular weight excluding hydrogens is 426 g/mol. The van der Waals surface area contributed by atoms with Gasteiger partial charge in [-0.2, -0.15) is 0 Å². The Morgan fingerprint density at radius 3 is 2.21 bits per heavy atom. The molecule has 184 valence electrons. The first-order chi connectivity index (χ1) is 16.4. The van der Waals surface area contributed by atoms with E-state index in [2.05, 4.69) is 34.7 Å². The van der Waals surface area contributed by atoms with Crippen LogP contribution >= 0.6 is 0 Å². The number of amides is 1. The Bertz CT molecular complexity index is 906. The molecule has 2 aromatic rings. The van der Waals surface area contributed by atoms with Crippen LogP contribution in [0.2, 0.25) is 0 Å². The van der Waals surface area contributed by atoms with Gasteiger partial charge in [-0.05, 0) is 31.0 Å². The van der Waals surface area contributed by atoms with Crippen molar-refractivity contribution >= 4 is 18.0 Å². The van der Waals surface area contributed by atoms with E-state index in [0.717, 1.165) is 30.5 Å². The van der Waals surface area contributed by atoms with Crippen LogP contribution in [-0.2, 0) is 21.5 Å². The molecule has 7 nitrogen and oxygen atoms in total. The molecule has 0 aromatic heterocycles. The number of rotatable bonds is 11. The molecule has 1 amide bonds. The second-order valence-corrected chi connectivity index (χ2v) is 7.77. The van der Waals surface area contributed by atoms with E-state index in [0.29, 0.717) is 12.8 Å². The van der Waals surface area contributed by atoms with Crippen molar-refractivity contribution in [1.82, 2.24) is 16.0 Å². The lowest BCUT2D eigenvalue weighted by Crippen LogP contribution is -2.36. The normalized spacial score (nSPS) is 12.7. The molecule has 0 saturated heterocycles. The fraction of sp³-hybridized carbons (Fsp3) is 0.370. The highest BCUT2D eigenvalue weighted by atomic mass is 16.2. The van der Waals surface area contributed by atoms with Gasteiger partial charge in [0.15, 0.2) is 0 Å². The van der Waals surface area contributed by atoms with Gasteiger partial charge < -0.3 is 26.5 Å². The number of nitrogen functional groups attached to an aromatic ring is 1. The summed E-state index contributed by atoms with van der Waals surface area (Å²) < 4.78 is 0. The maximum atomic E-state index is 11.4. The van der Waals surface area contributed by atoms with Crippen molar-refractivity contribution in [2.45, 2.75) is 38.6 Å². The lowest BCUT2D eigenvalue weighted by Gasteiger charge is -2.19. The number of aldehydes is 1. The number of carbonyl (C=O) groups is 2. The van der Waals surface area contributed by atoms with E-state index in [1.165, 1.54) is 11.1 Å². The minimum atomic E-state index is -0.172. The summed E-state index contributed by atoms with van der Waals surface area (Å²) in [6.45, 7) is 9.90. The van der Waals surface area contributed by atoms with E-state index >= 15 is 0 Å². The van der Waals surface area contributed by atoms with Crippen molar-refractivity contribution in [3.05, 3.63) is 83.4 Å². The van der Waals surface area contributed by atoms with Crippen LogP contribution in [0.5, 0.6) is 0 Å². The van der Waals surface area contributed by atoms with Crippen molar-refractivity contribution < 1.29 is 9.59 Å². The van der Waals surface area contributed by atoms with Gasteiger partial charge in [0.25, 0.3) is 0 Å². The van der Waals surface area contributed by atoms with Crippen LogP contribution in [0.3, 0.4) is 0 Å². The number of amidine groups is 1. The molecule has 0 heterocycles. The SMILES string of the molecule is C=C(CNCC(=O)NCC=O)C1(c2ccccc2)CC1.CC.CNCc1ccc(C(=N)N)cc1. The molecule has 0 atom stereocenters. The maximum Gasteiger partial charge on any atom is 0.234 e. The monoisotopic (exact) mass is 465 g/mol. The smallest absolute Gasteiger partial charge is 0.234 e. The van der Waals surface area contributed by atoms with Crippen LogP contribution in [0.4, 0.5) is 0 Å². The largest absolute Gasteiger partial charge is 0.384 e. The summed E-state index contributed by atoms with van der Waals surface area (Å²) in [5.41, 5.74) is 9.79.